The molecule has 2 rings (SSSR count). The summed E-state index contributed by atoms with van der Waals surface area (Å²) in [6.07, 6.45) is 2.07. The van der Waals surface area contributed by atoms with E-state index in [1.807, 2.05) is 6.92 Å². The Bertz CT molecular complexity index is 577. The summed E-state index contributed by atoms with van der Waals surface area (Å²) in [5.41, 5.74) is 0.223. The predicted octanol–water partition coefficient (Wildman–Crippen LogP) is 2.31. The van der Waals surface area contributed by atoms with E-state index >= 15 is 0 Å². The average molecular weight is 322 g/mol. The first-order valence-electron chi connectivity index (χ1n) is 7.97. The van der Waals surface area contributed by atoms with Gasteiger partial charge in [-0.2, -0.15) is 0 Å². The first-order chi connectivity index (χ1) is 11.1. The fourth-order valence-electron chi connectivity index (χ4n) is 2.76. The molecule has 1 aromatic carbocycles. The topological polar surface area (TPSA) is 49.9 Å². The number of methoxy groups -OCH3 is 1. The quantitative estimate of drug-likeness (QED) is 0.855. The second-order valence-corrected chi connectivity index (χ2v) is 5.62. The van der Waals surface area contributed by atoms with Crippen LogP contribution in [0.25, 0.3) is 0 Å². The molecule has 126 valence electrons. The summed E-state index contributed by atoms with van der Waals surface area (Å²) < 4.78 is 18.6. The van der Waals surface area contributed by atoms with Crippen molar-refractivity contribution >= 4 is 11.8 Å². The molecule has 0 unspecified atom stereocenters. The van der Waals surface area contributed by atoms with Crippen molar-refractivity contribution < 1.29 is 18.7 Å². The molecule has 1 fully saturated rings. The highest BCUT2D eigenvalue weighted by atomic mass is 19.1. The van der Waals surface area contributed by atoms with Crippen LogP contribution in [0.15, 0.2) is 18.2 Å². The van der Waals surface area contributed by atoms with Crippen molar-refractivity contribution in [3.05, 3.63) is 29.6 Å². The number of nitrogens with zero attached hydrogens (tertiary/aromatic N) is 2. The van der Waals surface area contributed by atoms with Crippen molar-refractivity contribution in [3.63, 3.8) is 0 Å². The fraction of sp³-hybridized carbons (Fsp3) is 0.529. The van der Waals surface area contributed by atoms with Crippen molar-refractivity contribution in [2.75, 3.05) is 33.3 Å². The van der Waals surface area contributed by atoms with Gasteiger partial charge in [-0.25, -0.2) is 4.39 Å². The summed E-state index contributed by atoms with van der Waals surface area (Å²) in [4.78, 5) is 28.1. The predicted molar refractivity (Wildman–Crippen MR) is 85.0 cm³/mol. The third-order valence-electron chi connectivity index (χ3n) is 3.99. The minimum atomic E-state index is -0.469. The Morgan fingerprint density at radius 2 is 1.87 bits per heavy atom. The van der Waals surface area contributed by atoms with E-state index in [0.29, 0.717) is 38.3 Å². The molecule has 0 aliphatic carbocycles. The summed E-state index contributed by atoms with van der Waals surface area (Å²) >= 11 is 0. The first-order valence-corrected chi connectivity index (χ1v) is 7.97. The van der Waals surface area contributed by atoms with E-state index in [9.17, 15) is 14.0 Å². The van der Waals surface area contributed by atoms with Crippen molar-refractivity contribution in [1.29, 1.82) is 0 Å². The zero-order valence-electron chi connectivity index (χ0n) is 13.7. The van der Waals surface area contributed by atoms with Gasteiger partial charge < -0.3 is 14.5 Å². The number of hydrogen-bond acceptors (Lipinski definition) is 3. The first kappa shape index (κ1) is 17.2. The molecule has 0 N–H and O–H groups in total. The molecule has 1 saturated heterocycles. The molecule has 2 amide bonds. The van der Waals surface area contributed by atoms with Gasteiger partial charge >= 0.3 is 0 Å². The normalized spacial score (nSPS) is 15.3. The lowest BCUT2D eigenvalue weighted by molar-refractivity contribution is -0.131. The molecule has 5 nitrogen and oxygen atoms in total. The molecule has 1 heterocycles. The number of amides is 2. The van der Waals surface area contributed by atoms with E-state index in [1.165, 1.54) is 25.3 Å². The highest BCUT2D eigenvalue weighted by Crippen LogP contribution is 2.22. The smallest absolute Gasteiger partial charge is 0.257 e. The lowest BCUT2D eigenvalue weighted by Crippen LogP contribution is -2.37. The van der Waals surface area contributed by atoms with Crippen molar-refractivity contribution in [2.45, 2.75) is 26.2 Å². The third-order valence-corrected chi connectivity index (χ3v) is 3.99. The van der Waals surface area contributed by atoms with Crippen LogP contribution in [-0.2, 0) is 4.79 Å². The van der Waals surface area contributed by atoms with Gasteiger partial charge in [0, 0.05) is 32.6 Å². The largest absolute Gasteiger partial charge is 0.496 e. The molecule has 1 aliphatic heterocycles. The van der Waals surface area contributed by atoms with Crippen LogP contribution in [-0.4, -0.2) is 54.9 Å². The molecule has 0 radical (unpaired) electrons. The molecule has 0 aromatic heterocycles. The molecular formula is C17H23FN2O3. The second-order valence-electron chi connectivity index (χ2n) is 5.62. The zero-order chi connectivity index (χ0) is 16.8. The Kier molecular flexibility index (Phi) is 5.96. The Hall–Kier alpha value is -2.11. The number of ether oxygens (including phenoxy) is 1. The monoisotopic (exact) mass is 322 g/mol. The van der Waals surface area contributed by atoms with E-state index in [2.05, 4.69) is 0 Å². The van der Waals surface area contributed by atoms with Crippen LogP contribution in [0.5, 0.6) is 5.75 Å². The highest BCUT2D eigenvalue weighted by molar-refractivity contribution is 5.97. The summed E-state index contributed by atoms with van der Waals surface area (Å²) in [7, 11) is 1.46. The van der Waals surface area contributed by atoms with Crippen LogP contribution in [0.1, 0.15) is 36.5 Å². The van der Waals surface area contributed by atoms with Crippen LogP contribution in [0.3, 0.4) is 0 Å². The van der Waals surface area contributed by atoms with Gasteiger partial charge in [0.1, 0.15) is 11.6 Å². The van der Waals surface area contributed by atoms with Gasteiger partial charge in [-0.15, -0.1) is 0 Å². The van der Waals surface area contributed by atoms with Gasteiger partial charge in [-0.3, -0.25) is 9.59 Å². The molecule has 0 saturated carbocycles. The van der Waals surface area contributed by atoms with Crippen LogP contribution in [0.4, 0.5) is 4.39 Å². The molecule has 0 spiro atoms. The third kappa shape index (κ3) is 4.21. The lowest BCUT2D eigenvalue weighted by Gasteiger charge is -2.23. The van der Waals surface area contributed by atoms with Crippen molar-refractivity contribution in [1.82, 2.24) is 9.80 Å². The van der Waals surface area contributed by atoms with E-state index in [0.717, 1.165) is 12.8 Å². The molecule has 1 aromatic rings. The second kappa shape index (κ2) is 7.94. The van der Waals surface area contributed by atoms with Gasteiger partial charge in [-0.05, 0) is 31.0 Å². The standard InChI is InChI=1S/C17H23FN2O3/c1-3-5-16(21)19-8-4-9-20(11-10-19)17(22)14-12-13(18)6-7-15(14)23-2/h6-7,12H,3-5,8-11H2,1-2H3. The van der Waals surface area contributed by atoms with Gasteiger partial charge in [-0.1, -0.05) is 6.92 Å². The van der Waals surface area contributed by atoms with Crippen LogP contribution >= 0.6 is 0 Å². The highest BCUT2D eigenvalue weighted by Gasteiger charge is 2.24. The number of carbonyl (C=O) groups excluding carboxylic acids is 2. The Labute approximate surface area is 136 Å². The summed E-state index contributed by atoms with van der Waals surface area (Å²) in [6, 6.07) is 3.92. The van der Waals surface area contributed by atoms with E-state index in [4.69, 9.17) is 4.74 Å². The van der Waals surface area contributed by atoms with Gasteiger partial charge in [0.15, 0.2) is 0 Å². The van der Waals surface area contributed by atoms with Crippen molar-refractivity contribution in [2.24, 2.45) is 0 Å². The van der Waals surface area contributed by atoms with Gasteiger partial charge in [0.2, 0.25) is 5.91 Å². The van der Waals surface area contributed by atoms with Gasteiger partial charge in [0.25, 0.3) is 5.91 Å². The minimum Gasteiger partial charge on any atom is -0.496 e. The fourth-order valence-corrected chi connectivity index (χ4v) is 2.76. The van der Waals surface area contributed by atoms with Gasteiger partial charge in [0.05, 0.1) is 12.7 Å². The molecule has 1 aliphatic rings. The Morgan fingerprint density at radius 3 is 2.57 bits per heavy atom. The number of benzene rings is 1. The minimum absolute atomic E-state index is 0.130. The van der Waals surface area contributed by atoms with E-state index < -0.39 is 5.82 Å². The van der Waals surface area contributed by atoms with E-state index in [1.54, 1.807) is 9.80 Å². The molecule has 0 bridgehead atoms. The maximum absolute atomic E-state index is 13.5. The molecule has 0 atom stereocenters. The number of rotatable bonds is 4. The number of hydrogen-bond donors (Lipinski definition) is 0. The summed E-state index contributed by atoms with van der Waals surface area (Å²) in [5.74, 6) is -0.237. The molecule has 23 heavy (non-hydrogen) atoms. The summed E-state index contributed by atoms with van der Waals surface area (Å²) in [6.45, 7) is 4.15. The summed E-state index contributed by atoms with van der Waals surface area (Å²) in [5, 5.41) is 0. The number of halogens is 1. The maximum atomic E-state index is 13.5. The Morgan fingerprint density at radius 1 is 1.17 bits per heavy atom. The Balaban J connectivity index is 2.09. The number of carbonyl (C=O) groups is 2. The van der Waals surface area contributed by atoms with E-state index in [-0.39, 0.29) is 17.4 Å². The average Bonchev–Trinajstić information content (AvgIpc) is 2.80. The van der Waals surface area contributed by atoms with Crippen LogP contribution in [0.2, 0.25) is 0 Å². The zero-order valence-corrected chi connectivity index (χ0v) is 13.7. The van der Waals surface area contributed by atoms with Crippen LogP contribution < -0.4 is 4.74 Å². The lowest BCUT2D eigenvalue weighted by atomic mass is 10.1. The SMILES string of the molecule is CCCC(=O)N1CCCN(C(=O)c2cc(F)ccc2OC)CC1. The molecule has 6 heteroatoms. The maximum Gasteiger partial charge on any atom is 0.257 e. The van der Waals surface area contributed by atoms with Crippen LogP contribution in [0, 0.1) is 5.82 Å². The molecular weight excluding hydrogens is 299 g/mol. The van der Waals surface area contributed by atoms with Crippen molar-refractivity contribution in [3.8, 4) is 5.75 Å².